The zero-order chi connectivity index (χ0) is 22.6. The molecule has 1 saturated carbocycles. The van der Waals surface area contributed by atoms with Crippen molar-refractivity contribution in [1.82, 2.24) is 9.62 Å². The van der Waals surface area contributed by atoms with E-state index in [0.29, 0.717) is 0 Å². The molecule has 1 aliphatic heterocycles. The Bertz CT molecular complexity index is 1010. The molecule has 1 unspecified atom stereocenters. The molecule has 0 spiro atoms. The van der Waals surface area contributed by atoms with E-state index in [4.69, 9.17) is 0 Å². The number of aromatic hydroxyl groups is 1. The molecular formula is C23H30N2O5S. The Hall–Kier alpha value is -2.42. The number of nitrogens with zero attached hydrogens (tertiary/aromatic N) is 1. The number of sulfonamides is 1. The molecule has 168 valence electrons. The molecule has 3 N–H and O–H groups in total. The lowest BCUT2D eigenvalue weighted by Crippen LogP contribution is -2.42. The van der Waals surface area contributed by atoms with Crippen molar-refractivity contribution in [3.8, 4) is 5.75 Å². The minimum Gasteiger partial charge on any atom is -0.508 e. The van der Waals surface area contributed by atoms with Gasteiger partial charge in [-0.15, -0.1) is 0 Å². The SMILES string of the molecule is CN(C)CC(c1ccc(O)cc1)C1(O)CCCCC1.O=C1NS(=O)(=O)c2ccccc21. The maximum atomic E-state index is 11.1. The lowest BCUT2D eigenvalue weighted by Gasteiger charge is -2.40. The minimum absolute atomic E-state index is 0.0648. The van der Waals surface area contributed by atoms with E-state index in [9.17, 15) is 23.4 Å². The van der Waals surface area contributed by atoms with Crippen molar-refractivity contribution in [1.29, 1.82) is 0 Å². The van der Waals surface area contributed by atoms with Crippen molar-refractivity contribution in [3.63, 3.8) is 0 Å². The standard InChI is InChI=1S/C16H25NO2.C7H5NO3S/c1-17(2)12-15(13-6-8-14(18)9-7-13)16(19)10-4-3-5-11-16;9-7-5-3-1-2-4-6(5)12(10,11)8-7/h6-9,15,18-19H,3-5,10-12H2,1-2H3;1-4H,(H,8,9). The van der Waals surface area contributed by atoms with E-state index in [1.54, 1.807) is 24.3 Å². The lowest BCUT2D eigenvalue weighted by molar-refractivity contribution is -0.0277. The van der Waals surface area contributed by atoms with Gasteiger partial charge >= 0.3 is 0 Å². The van der Waals surface area contributed by atoms with Gasteiger partial charge in [0.1, 0.15) is 10.6 Å². The second-order valence-electron chi connectivity index (χ2n) is 8.50. The highest BCUT2D eigenvalue weighted by Gasteiger charge is 2.38. The van der Waals surface area contributed by atoms with Crippen LogP contribution in [0, 0.1) is 0 Å². The van der Waals surface area contributed by atoms with Crippen molar-refractivity contribution >= 4 is 15.9 Å². The summed E-state index contributed by atoms with van der Waals surface area (Å²) in [6.45, 7) is 0.835. The smallest absolute Gasteiger partial charge is 0.266 e. The summed E-state index contributed by atoms with van der Waals surface area (Å²) < 4.78 is 24.2. The van der Waals surface area contributed by atoms with E-state index in [2.05, 4.69) is 4.90 Å². The molecule has 0 radical (unpaired) electrons. The molecule has 8 heteroatoms. The number of phenols is 1. The Morgan fingerprint density at radius 3 is 2.23 bits per heavy atom. The number of fused-ring (bicyclic) bond motifs is 1. The third-order valence-corrected chi connectivity index (χ3v) is 7.25. The number of aliphatic hydroxyl groups is 1. The molecule has 1 aliphatic carbocycles. The Balaban J connectivity index is 0.000000194. The van der Waals surface area contributed by atoms with Crippen LogP contribution in [0.3, 0.4) is 0 Å². The summed E-state index contributed by atoms with van der Waals surface area (Å²) in [5, 5.41) is 20.4. The Morgan fingerprint density at radius 2 is 1.65 bits per heavy atom. The maximum absolute atomic E-state index is 11.1. The van der Waals surface area contributed by atoms with Crippen LogP contribution in [0.25, 0.3) is 0 Å². The zero-order valence-electron chi connectivity index (χ0n) is 17.9. The molecule has 4 rings (SSSR count). The Kier molecular flexibility index (Phi) is 7.03. The van der Waals surface area contributed by atoms with Gasteiger partial charge in [-0.25, -0.2) is 13.1 Å². The van der Waals surface area contributed by atoms with E-state index >= 15 is 0 Å². The molecule has 0 bridgehead atoms. The van der Waals surface area contributed by atoms with Gasteiger partial charge in [0, 0.05) is 12.5 Å². The van der Waals surface area contributed by atoms with E-state index in [1.807, 2.05) is 31.0 Å². The van der Waals surface area contributed by atoms with Crippen molar-refractivity contribution in [3.05, 3.63) is 59.7 Å². The summed E-state index contributed by atoms with van der Waals surface area (Å²) >= 11 is 0. The third-order valence-electron chi connectivity index (χ3n) is 5.86. The number of amides is 1. The molecule has 1 fully saturated rings. The largest absolute Gasteiger partial charge is 0.508 e. The van der Waals surface area contributed by atoms with Crippen molar-refractivity contribution in [2.24, 2.45) is 0 Å². The van der Waals surface area contributed by atoms with Gasteiger partial charge in [0.15, 0.2) is 0 Å². The molecule has 0 aromatic heterocycles. The quantitative estimate of drug-likeness (QED) is 0.667. The number of nitrogens with one attached hydrogen (secondary N) is 1. The van der Waals surface area contributed by atoms with E-state index in [1.165, 1.54) is 18.6 Å². The van der Waals surface area contributed by atoms with E-state index < -0.39 is 21.5 Å². The van der Waals surface area contributed by atoms with Crippen molar-refractivity contribution in [2.45, 2.75) is 48.5 Å². The molecule has 2 aromatic carbocycles. The third kappa shape index (κ3) is 5.44. The predicted octanol–water partition coefficient (Wildman–Crippen LogP) is 2.85. The molecule has 2 aliphatic rings. The molecule has 2 aromatic rings. The Labute approximate surface area is 183 Å². The zero-order valence-corrected chi connectivity index (χ0v) is 18.7. The van der Waals surface area contributed by atoms with Crippen LogP contribution in [-0.4, -0.2) is 55.7 Å². The number of carbonyl (C=O) groups is 1. The van der Waals surface area contributed by atoms with Crippen LogP contribution >= 0.6 is 0 Å². The summed E-state index contributed by atoms with van der Waals surface area (Å²) in [4.78, 5) is 13.2. The summed E-state index contributed by atoms with van der Waals surface area (Å²) in [6, 6.07) is 13.4. The topological polar surface area (TPSA) is 107 Å². The average molecular weight is 447 g/mol. The first kappa shape index (κ1) is 23.2. The van der Waals surface area contributed by atoms with Crippen LogP contribution in [0.5, 0.6) is 5.75 Å². The fraction of sp³-hybridized carbons (Fsp3) is 0.435. The highest BCUT2D eigenvalue weighted by molar-refractivity contribution is 7.90. The fourth-order valence-electron chi connectivity index (χ4n) is 4.29. The van der Waals surface area contributed by atoms with Gasteiger partial charge in [0.25, 0.3) is 15.9 Å². The van der Waals surface area contributed by atoms with E-state index in [-0.39, 0.29) is 22.1 Å². The lowest BCUT2D eigenvalue weighted by atomic mass is 9.72. The summed E-state index contributed by atoms with van der Waals surface area (Å²) in [5.74, 6) is -0.156. The second-order valence-corrected chi connectivity index (χ2v) is 10.2. The summed E-state index contributed by atoms with van der Waals surface area (Å²) in [7, 11) is 0.528. The van der Waals surface area contributed by atoms with Crippen molar-refractivity contribution in [2.75, 3.05) is 20.6 Å². The maximum Gasteiger partial charge on any atom is 0.266 e. The van der Waals surface area contributed by atoms with E-state index in [0.717, 1.165) is 37.8 Å². The normalized spacial score (nSPS) is 19.7. The number of carbonyl (C=O) groups excluding carboxylic acids is 1. The first-order chi connectivity index (χ1) is 14.6. The summed E-state index contributed by atoms with van der Waals surface area (Å²) in [6.07, 6.45) is 5.21. The number of hydrogen-bond donors (Lipinski definition) is 3. The number of phenolic OH excluding ortho intramolecular Hbond substituents is 1. The molecule has 7 nitrogen and oxygen atoms in total. The fourth-order valence-corrected chi connectivity index (χ4v) is 5.46. The minimum atomic E-state index is -3.55. The molecule has 1 heterocycles. The van der Waals surface area contributed by atoms with Crippen LogP contribution in [0.1, 0.15) is 53.9 Å². The number of benzene rings is 2. The molecular weight excluding hydrogens is 416 g/mol. The summed E-state index contributed by atoms with van der Waals surface area (Å²) in [5.41, 5.74) is 0.743. The first-order valence-corrected chi connectivity index (χ1v) is 11.9. The first-order valence-electron chi connectivity index (χ1n) is 10.4. The van der Waals surface area contributed by atoms with Gasteiger partial charge in [-0.1, -0.05) is 43.5 Å². The predicted molar refractivity (Wildman–Crippen MR) is 119 cm³/mol. The van der Waals surface area contributed by atoms with Crippen LogP contribution in [0.15, 0.2) is 53.4 Å². The second kappa shape index (κ2) is 9.38. The Morgan fingerprint density at radius 1 is 1.03 bits per heavy atom. The van der Waals surface area contributed by atoms with Crippen LogP contribution in [0.4, 0.5) is 0 Å². The molecule has 1 atom stereocenters. The van der Waals surface area contributed by atoms with Crippen LogP contribution < -0.4 is 4.72 Å². The molecule has 31 heavy (non-hydrogen) atoms. The van der Waals surface area contributed by atoms with Gasteiger partial charge in [0.2, 0.25) is 0 Å². The van der Waals surface area contributed by atoms with Gasteiger partial charge in [0.05, 0.1) is 11.2 Å². The van der Waals surface area contributed by atoms with Crippen molar-refractivity contribution < 1.29 is 23.4 Å². The highest BCUT2D eigenvalue weighted by atomic mass is 32.2. The number of hydrogen-bond acceptors (Lipinski definition) is 6. The highest BCUT2D eigenvalue weighted by Crippen LogP contribution is 2.40. The number of likely N-dealkylation sites (N-methyl/N-ethyl adjacent to an activating group) is 1. The monoisotopic (exact) mass is 446 g/mol. The average Bonchev–Trinajstić information content (AvgIpc) is 2.97. The van der Waals surface area contributed by atoms with Gasteiger partial charge in [-0.3, -0.25) is 4.79 Å². The molecule has 1 amide bonds. The molecule has 0 saturated heterocycles. The van der Waals surface area contributed by atoms with Gasteiger partial charge in [-0.05, 0) is 56.8 Å². The van der Waals surface area contributed by atoms with Gasteiger partial charge < -0.3 is 15.1 Å². The van der Waals surface area contributed by atoms with Crippen LogP contribution in [-0.2, 0) is 10.0 Å². The van der Waals surface area contributed by atoms with Gasteiger partial charge in [-0.2, -0.15) is 0 Å². The number of rotatable bonds is 4. The van der Waals surface area contributed by atoms with Crippen LogP contribution in [0.2, 0.25) is 0 Å².